The molecular formula is C18H21N3O. The molecule has 2 aliphatic rings. The van der Waals surface area contributed by atoms with Crippen LogP contribution in [0.2, 0.25) is 0 Å². The first-order chi connectivity index (χ1) is 10.8. The second-order valence-electron chi connectivity index (χ2n) is 6.30. The Labute approximate surface area is 130 Å². The van der Waals surface area contributed by atoms with Crippen LogP contribution in [0, 0.1) is 0 Å². The molecule has 0 spiro atoms. The molecule has 4 nitrogen and oxygen atoms in total. The topological polar surface area (TPSA) is 54.0 Å². The molecule has 0 bridgehead atoms. The number of rotatable bonds is 2. The number of piperidine rings is 1. The second kappa shape index (κ2) is 5.69. The number of amides is 1. The number of aromatic nitrogens is 1. The van der Waals surface area contributed by atoms with Crippen molar-refractivity contribution in [1.82, 2.24) is 15.6 Å². The van der Waals surface area contributed by atoms with Crippen molar-refractivity contribution in [1.29, 1.82) is 0 Å². The fourth-order valence-corrected chi connectivity index (χ4v) is 3.70. The molecule has 1 amide bonds. The van der Waals surface area contributed by atoms with Gasteiger partial charge in [-0.15, -0.1) is 0 Å². The van der Waals surface area contributed by atoms with Gasteiger partial charge in [-0.05, 0) is 50.3 Å². The number of carbonyl (C=O) groups excluding carboxylic acids is 1. The summed E-state index contributed by atoms with van der Waals surface area (Å²) in [4.78, 5) is 17.7. The van der Waals surface area contributed by atoms with Gasteiger partial charge in [-0.3, -0.25) is 9.78 Å². The molecule has 1 aliphatic heterocycles. The fraction of sp³-hybridized carbons (Fsp3) is 0.444. The molecule has 0 unspecified atom stereocenters. The maximum absolute atomic E-state index is 12.9. The number of pyridine rings is 1. The number of para-hydroxylation sites is 1. The third-order valence-electron chi connectivity index (χ3n) is 4.78. The van der Waals surface area contributed by atoms with Crippen LogP contribution in [-0.4, -0.2) is 30.0 Å². The van der Waals surface area contributed by atoms with E-state index >= 15 is 0 Å². The van der Waals surface area contributed by atoms with Crippen LogP contribution in [-0.2, 0) is 12.8 Å². The summed E-state index contributed by atoms with van der Waals surface area (Å²) in [6, 6.07) is 8.25. The lowest BCUT2D eigenvalue weighted by atomic mass is 9.99. The first kappa shape index (κ1) is 13.7. The van der Waals surface area contributed by atoms with E-state index in [0.29, 0.717) is 0 Å². The van der Waals surface area contributed by atoms with E-state index < -0.39 is 0 Å². The molecule has 1 aliphatic carbocycles. The number of benzene rings is 1. The maximum atomic E-state index is 12.9. The lowest BCUT2D eigenvalue weighted by Gasteiger charge is -2.24. The van der Waals surface area contributed by atoms with Gasteiger partial charge in [0.05, 0.1) is 11.1 Å². The van der Waals surface area contributed by atoms with Crippen molar-refractivity contribution in [2.24, 2.45) is 0 Å². The number of hydrogen-bond donors (Lipinski definition) is 2. The molecule has 1 aromatic heterocycles. The van der Waals surface area contributed by atoms with Crippen LogP contribution in [0.4, 0.5) is 0 Å². The van der Waals surface area contributed by atoms with Gasteiger partial charge in [0.2, 0.25) is 0 Å². The molecule has 4 rings (SSSR count). The van der Waals surface area contributed by atoms with Gasteiger partial charge in [0.15, 0.2) is 0 Å². The van der Waals surface area contributed by atoms with E-state index in [4.69, 9.17) is 4.98 Å². The maximum Gasteiger partial charge on any atom is 0.252 e. The summed E-state index contributed by atoms with van der Waals surface area (Å²) < 4.78 is 0. The van der Waals surface area contributed by atoms with Crippen LogP contribution in [0.3, 0.4) is 0 Å². The van der Waals surface area contributed by atoms with E-state index in [0.717, 1.165) is 67.4 Å². The number of nitrogens with zero attached hydrogens (tertiary/aromatic N) is 1. The zero-order chi connectivity index (χ0) is 14.9. The molecule has 1 aromatic carbocycles. The Balaban J connectivity index is 1.74. The number of carbonyl (C=O) groups is 1. The quantitative estimate of drug-likeness (QED) is 0.893. The van der Waals surface area contributed by atoms with Crippen LogP contribution in [0.5, 0.6) is 0 Å². The molecule has 0 radical (unpaired) electrons. The fourth-order valence-electron chi connectivity index (χ4n) is 3.70. The van der Waals surface area contributed by atoms with Crippen molar-refractivity contribution < 1.29 is 4.79 Å². The Hall–Kier alpha value is -1.94. The Morgan fingerprint density at radius 1 is 1.23 bits per heavy atom. The Morgan fingerprint density at radius 3 is 3.00 bits per heavy atom. The Bertz CT molecular complexity index is 720. The second-order valence-corrected chi connectivity index (χ2v) is 6.30. The van der Waals surface area contributed by atoms with E-state index in [1.165, 1.54) is 5.56 Å². The van der Waals surface area contributed by atoms with Crippen LogP contribution >= 0.6 is 0 Å². The minimum atomic E-state index is 0.0745. The van der Waals surface area contributed by atoms with Crippen molar-refractivity contribution in [3.63, 3.8) is 0 Å². The lowest BCUT2D eigenvalue weighted by molar-refractivity contribution is 0.0931. The van der Waals surface area contributed by atoms with Crippen molar-refractivity contribution >= 4 is 16.8 Å². The van der Waals surface area contributed by atoms with E-state index in [1.54, 1.807) is 0 Å². The van der Waals surface area contributed by atoms with E-state index in [2.05, 4.69) is 10.6 Å². The average molecular weight is 295 g/mol. The number of aryl methyl sites for hydroxylation is 1. The molecule has 2 heterocycles. The van der Waals surface area contributed by atoms with Crippen LogP contribution in [0.15, 0.2) is 24.3 Å². The molecule has 0 saturated carbocycles. The summed E-state index contributed by atoms with van der Waals surface area (Å²) in [5.74, 6) is 0.0745. The molecule has 114 valence electrons. The van der Waals surface area contributed by atoms with Gasteiger partial charge in [-0.1, -0.05) is 18.2 Å². The summed E-state index contributed by atoms with van der Waals surface area (Å²) in [7, 11) is 0. The van der Waals surface area contributed by atoms with Crippen LogP contribution in [0.1, 0.15) is 40.9 Å². The largest absolute Gasteiger partial charge is 0.348 e. The smallest absolute Gasteiger partial charge is 0.252 e. The van der Waals surface area contributed by atoms with Crippen LogP contribution in [0.25, 0.3) is 10.9 Å². The standard InChI is InChI=1S/C18H21N3O/c22-18(20-12-5-4-10-19-11-12)17-13-6-1-2-8-15(13)21-16-9-3-7-14(16)17/h1-2,6,8,12,19H,3-5,7,9-11H2,(H,20,22)/t12-/m0/s1. The van der Waals surface area contributed by atoms with Crippen molar-refractivity contribution in [2.45, 2.75) is 38.1 Å². The molecular weight excluding hydrogens is 274 g/mol. The average Bonchev–Trinajstić information content (AvgIpc) is 3.01. The summed E-state index contributed by atoms with van der Waals surface area (Å²) in [6.07, 6.45) is 5.25. The molecule has 1 fully saturated rings. The summed E-state index contributed by atoms with van der Waals surface area (Å²) in [5, 5.41) is 7.57. The van der Waals surface area contributed by atoms with Gasteiger partial charge in [-0.25, -0.2) is 0 Å². The highest BCUT2D eigenvalue weighted by molar-refractivity contribution is 6.08. The van der Waals surface area contributed by atoms with E-state index in [9.17, 15) is 4.79 Å². The van der Waals surface area contributed by atoms with Crippen molar-refractivity contribution in [3.8, 4) is 0 Å². The molecule has 4 heteroatoms. The van der Waals surface area contributed by atoms with Gasteiger partial charge in [0.25, 0.3) is 5.91 Å². The minimum Gasteiger partial charge on any atom is -0.348 e. The summed E-state index contributed by atoms with van der Waals surface area (Å²) in [5.41, 5.74) is 4.09. The Morgan fingerprint density at radius 2 is 2.14 bits per heavy atom. The number of nitrogens with one attached hydrogen (secondary N) is 2. The summed E-state index contributed by atoms with van der Waals surface area (Å²) in [6.45, 7) is 1.93. The highest BCUT2D eigenvalue weighted by Gasteiger charge is 2.25. The third-order valence-corrected chi connectivity index (χ3v) is 4.78. The highest BCUT2D eigenvalue weighted by atomic mass is 16.1. The third kappa shape index (κ3) is 2.37. The van der Waals surface area contributed by atoms with Gasteiger partial charge in [-0.2, -0.15) is 0 Å². The normalized spacial score (nSPS) is 20.8. The SMILES string of the molecule is O=C(N[C@H]1CCCNC1)c1c2c(nc3ccccc13)CCC2. The monoisotopic (exact) mass is 295 g/mol. The van der Waals surface area contributed by atoms with Gasteiger partial charge in [0.1, 0.15) is 0 Å². The predicted molar refractivity (Wildman–Crippen MR) is 87.1 cm³/mol. The molecule has 2 N–H and O–H groups in total. The zero-order valence-corrected chi connectivity index (χ0v) is 12.7. The van der Waals surface area contributed by atoms with Gasteiger partial charge < -0.3 is 10.6 Å². The van der Waals surface area contributed by atoms with Crippen LogP contribution < -0.4 is 10.6 Å². The lowest BCUT2D eigenvalue weighted by Crippen LogP contribution is -2.45. The van der Waals surface area contributed by atoms with Gasteiger partial charge in [0, 0.05) is 23.7 Å². The molecule has 2 aromatic rings. The highest BCUT2D eigenvalue weighted by Crippen LogP contribution is 2.30. The predicted octanol–water partition coefficient (Wildman–Crippen LogP) is 2.21. The molecule has 1 atom stereocenters. The molecule has 22 heavy (non-hydrogen) atoms. The summed E-state index contributed by atoms with van der Waals surface area (Å²) >= 11 is 0. The first-order valence-corrected chi connectivity index (χ1v) is 8.25. The Kier molecular flexibility index (Phi) is 3.54. The number of fused-ring (bicyclic) bond motifs is 2. The van der Waals surface area contributed by atoms with Crippen molar-refractivity contribution in [2.75, 3.05) is 13.1 Å². The zero-order valence-electron chi connectivity index (χ0n) is 12.7. The minimum absolute atomic E-state index is 0.0745. The van der Waals surface area contributed by atoms with E-state index in [1.807, 2.05) is 24.3 Å². The van der Waals surface area contributed by atoms with Crippen molar-refractivity contribution in [3.05, 3.63) is 41.1 Å². The number of hydrogen-bond acceptors (Lipinski definition) is 3. The van der Waals surface area contributed by atoms with Gasteiger partial charge >= 0.3 is 0 Å². The first-order valence-electron chi connectivity index (χ1n) is 8.25. The molecule has 1 saturated heterocycles. The van der Waals surface area contributed by atoms with E-state index in [-0.39, 0.29) is 11.9 Å².